The van der Waals surface area contributed by atoms with Crippen LogP contribution in [0.2, 0.25) is 5.02 Å². The van der Waals surface area contributed by atoms with E-state index in [9.17, 15) is 4.39 Å². The molecule has 0 saturated heterocycles. The van der Waals surface area contributed by atoms with Gasteiger partial charge in [0, 0.05) is 23.6 Å². The van der Waals surface area contributed by atoms with Gasteiger partial charge in [-0.3, -0.25) is 0 Å². The average molecular weight is 306 g/mol. The molecule has 1 aliphatic heterocycles. The third-order valence-corrected chi connectivity index (χ3v) is 3.76. The monoisotopic (exact) mass is 305 g/mol. The molecule has 3 rings (SSSR count). The van der Waals surface area contributed by atoms with E-state index in [1.807, 2.05) is 24.3 Å². The Morgan fingerprint density at radius 2 is 2.14 bits per heavy atom. The molecule has 0 aliphatic carbocycles. The lowest BCUT2D eigenvalue weighted by Gasteiger charge is -2.12. The van der Waals surface area contributed by atoms with Crippen LogP contribution in [-0.4, -0.2) is 5.84 Å². The Balaban J connectivity index is 1.91. The second kappa shape index (κ2) is 5.26. The molecule has 0 spiro atoms. The Bertz CT molecular complexity index is 702. The molecule has 4 nitrogen and oxygen atoms in total. The number of nitrogens with zero attached hydrogens (tertiary/aromatic N) is 1. The highest BCUT2D eigenvalue weighted by Gasteiger charge is 2.26. The van der Waals surface area contributed by atoms with Gasteiger partial charge < -0.3 is 16.3 Å². The minimum atomic E-state index is -0.437. The van der Waals surface area contributed by atoms with Crippen LogP contribution in [0.1, 0.15) is 22.8 Å². The van der Waals surface area contributed by atoms with Gasteiger partial charge in [-0.25, -0.2) is 4.39 Å². The van der Waals surface area contributed by atoms with Crippen LogP contribution in [0.25, 0.3) is 0 Å². The van der Waals surface area contributed by atoms with E-state index in [0.717, 1.165) is 16.7 Å². The second-order valence-electron chi connectivity index (χ2n) is 4.82. The molecule has 0 saturated carbocycles. The summed E-state index contributed by atoms with van der Waals surface area (Å²) >= 11 is 5.77. The van der Waals surface area contributed by atoms with Crippen molar-refractivity contribution in [1.29, 1.82) is 0 Å². The van der Waals surface area contributed by atoms with Crippen molar-refractivity contribution >= 4 is 17.4 Å². The Kier molecular flexibility index (Phi) is 3.43. The fourth-order valence-corrected chi connectivity index (χ4v) is 2.55. The van der Waals surface area contributed by atoms with Gasteiger partial charge in [-0.1, -0.05) is 29.8 Å². The summed E-state index contributed by atoms with van der Waals surface area (Å²) in [5.41, 5.74) is 8.15. The number of fused-ring (bicyclic) bond motifs is 1. The second-order valence-corrected chi connectivity index (χ2v) is 5.23. The van der Waals surface area contributed by atoms with E-state index < -0.39 is 5.82 Å². The maximum atomic E-state index is 13.5. The summed E-state index contributed by atoms with van der Waals surface area (Å²) in [5.74, 6) is 5.61. The van der Waals surface area contributed by atoms with Gasteiger partial charge in [0.25, 0.3) is 0 Å². The number of hydrazone groups is 1. The van der Waals surface area contributed by atoms with E-state index in [-0.39, 0.29) is 17.0 Å². The number of hydrogen-bond donors (Lipinski definition) is 2. The Labute approximate surface area is 126 Å². The van der Waals surface area contributed by atoms with Crippen LogP contribution in [0, 0.1) is 5.82 Å². The molecule has 0 radical (unpaired) electrons. The summed E-state index contributed by atoms with van der Waals surface area (Å²) in [6.07, 6.45) is 0.371. The van der Waals surface area contributed by atoms with Gasteiger partial charge in [-0.2, -0.15) is 5.10 Å². The maximum absolute atomic E-state index is 13.5. The fourth-order valence-electron chi connectivity index (χ4n) is 2.39. The van der Waals surface area contributed by atoms with Crippen molar-refractivity contribution in [3.8, 4) is 5.75 Å². The van der Waals surface area contributed by atoms with Gasteiger partial charge in [0.05, 0.1) is 5.02 Å². The molecule has 1 unspecified atom stereocenters. The van der Waals surface area contributed by atoms with Crippen molar-refractivity contribution in [1.82, 2.24) is 0 Å². The smallest absolute Gasteiger partial charge is 0.150 e. The predicted molar refractivity (Wildman–Crippen MR) is 79.8 cm³/mol. The minimum absolute atomic E-state index is 0.0580. The highest BCUT2D eigenvalue weighted by Crippen LogP contribution is 2.39. The number of rotatable bonds is 2. The molecular weight excluding hydrogens is 293 g/mol. The topological polar surface area (TPSA) is 73.6 Å². The lowest BCUT2D eigenvalue weighted by molar-refractivity contribution is 0.238. The molecule has 0 fully saturated rings. The van der Waals surface area contributed by atoms with E-state index in [1.165, 1.54) is 12.1 Å². The highest BCUT2D eigenvalue weighted by molar-refractivity contribution is 6.30. The van der Waals surface area contributed by atoms with Crippen molar-refractivity contribution in [2.75, 3.05) is 0 Å². The zero-order chi connectivity index (χ0) is 15.0. The quantitative estimate of drug-likeness (QED) is 0.388. The predicted octanol–water partition coefficient (Wildman–Crippen LogP) is 2.73. The SMILES string of the molecule is N/N=C(\N)c1cccc(C2Cc3cc(F)c(Cl)cc3O2)c1. The molecule has 0 amide bonds. The van der Waals surface area contributed by atoms with Crippen LogP contribution in [0.5, 0.6) is 5.75 Å². The minimum Gasteiger partial charge on any atom is -0.485 e. The Morgan fingerprint density at radius 3 is 2.90 bits per heavy atom. The molecular formula is C15H13ClFN3O. The number of ether oxygens (including phenoxy) is 1. The van der Waals surface area contributed by atoms with E-state index >= 15 is 0 Å². The molecule has 6 heteroatoms. The van der Waals surface area contributed by atoms with Crippen molar-refractivity contribution in [3.63, 3.8) is 0 Å². The van der Waals surface area contributed by atoms with Crippen molar-refractivity contribution in [3.05, 3.63) is 63.9 Å². The first-order valence-electron chi connectivity index (χ1n) is 6.36. The standard InChI is InChI=1S/C15H13ClFN3O/c16-11-7-14-10(5-12(11)17)6-13(21-14)8-2-1-3-9(4-8)15(18)20-19/h1-5,7,13H,6,19H2,(H2,18,20). The first-order valence-corrected chi connectivity index (χ1v) is 6.74. The molecule has 2 aromatic rings. The lowest BCUT2D eigenvalue weighted by Crippen LogP contribution is -2.16. The number of nitrogens with two attached hydrogens (primary N) is 2. The molecule has 0 bridgehead atoms. The summed E-state index contributed by atoms with van der Waals surface area (Å²) < 4.78 is 19.3. The Hall–Kier alpha value is -2.27. The van der Waals surface area contributed by atoms with Crippen LogP contribution < -0.4 is 16.3 Å². The summed E-state index contributed by atoms with van der Waals surface area (Å²) in [7, 11) is 0. The molecule has 1 atom stereocenters. The zero-order valence-electron chi connectivity index (χ0n) is 11.0. The molecule has 1 aliphatic rings. The van der Waals surface area contributed by atoms with Crippen LogP contribution in [0.4, 0.5) is 4.39 Å². The fraction of sp³-hybridized carbons (Fsp3) is 0.133. The van der Waals surface area contributed by atoms with E-state index in [1.54, 1.807) is 0 Å². The number of benzene rings is 2. The summed E-state index contributed by atoms with van der Waals surface area (Å²) in [5, 5.41) is 3.53. The molecule has 108 valence electrons. The van der Waals surface area contributed by atoms with E-state index in [0.29, 0.717) is 12.2 Å². The van der Waals surface area contributed by atoms with Crippen molar-refractivity contribution < 1.29 is 9.13 Å². The Morgan fingerprint density at radius 1 is 1.33 bits per heavy atom. The normalized spacial score (nSPS) is 17.4. The van der Waals surface area contributed by atoms with Gasteiger partial charge in [-0.05, 0) is 17.7 Å². The molecule has 4 N–H and O–H groups in total. The third kappa shape index (κ3) is 2.52. The first-order chi connectivity index (χ1) is 10.1. The van der Waals surface area contributed by atoms with Crippen LogP contribution >= 0.6 is 11.6 Å². The first kappa shape index (κ1) is 13.7. The molecule has 2 aromatic carbocycles. The van der Waals surface area contributed by atoms with E-state index in [4.69, 9.17) is 27.9 Å². The molecule has 1 heterocycles. The average Bonchev–Trinajstić information content (AvgIpc) is 2.90. The lowest BCUT2D eigenvalue weighted by atomic mass is 10.0. The summed E-state index contributed by atoms with van der Waals surface area (Å²) in [4.78, 5) is 0. The van der Waals surface area contributed by atoms with Crippen molar-refractivity contribution in [2.45, 2.75) is 12.5 Å². The van der Waals surface area contributed by atoms with Crippen LogP contribution in [-0.2, 0) is 6.42 Å². The van der Waals surface area contributed by atoms with Gasteiger partial charge in [0.2, 0.25) is 0 Å². The third-order valence-electron chi connectivity index (χ3n) is 3.47. The highest BCUT2D eigenvalue weighted by atomic mass is 35.5. The number of halogens is 2. The largest absolute Gasteiger partial charge is 0.485 e. The summed E-state index contributed by atoms with van der Waals surface area (Å²) in [6.45, 7) is 0. The van der Waals surface area contributed by atoms with E-state index in [2.05, 4.69) is 5.10 Å². The molecule has 0 aromatic heterocycles. The maximum Gasteiger partial charge on any atom is 0.150 e. The van der Waals surface area contributed by atoms with Crippen molar-refractivity contribution in [2.24, 2.45) is 16.7 Å². The van der Waals surface area contributed by atoms with Gasteiger partial charge >= 0.3 is 0 Å². The van der Waals surface area contributed by atoms with Crippen LogP contribution in [0.3, 0.4) is 0 Å². The summed E-state index contributed by atoms with van der Waals surface area (Å²) in [6, 6.07) is 10.4. The van der Waals surface area contributed by atoms with Gasteiger partial charge in [-0.15, -0.1) is 0 Å². The number of hydrogen-bond acceptors (Lipinski definition) is 3. The number of amidine groups is 1. The van der Waals surface area contributed by atoms with Gasteiger partial charge in [0.15, 0.2) is 0 Å². The zero-order valence-corrected chi connectivity index (χ0v) is 11.8. The van der Waals surface area contributed by atoms with Crippen LogP contribution in [0.15, 0.2) is 41.5 Å². The molecule has 21 heavy (non-hydrogen) atoms. The van der Waals surface area contributed by atoms with Gasteiger partial charge in [0.1, 0.15) is 23.5 Å².